The summed E-state index contributed by atoms with van der Waals surface area (Å²) in [4.78, 5) is 12.5. The Morgan fingerprint density at radius 2 is 1.90 bits per heavy atom. The Labute approximate surface area is 169 Å². The van der Waals surface area contributed by atoms with Crippen LogP contribution in [-0.2, 0) is 6.42 Å². The van der Waals surface area contributed by atoms with Crippen molar-refractivity contribution in [1.29, 1.82) is 10.5 Å². The third-order valence-electron chi connectivity index (χ3n) is 4.48. The number of fused-ring (bicyclic) bond motifs is 1. The van der Waals surface area contributed by atoms with Crippen molar-refractivity contribution in [3.8, 4) is 17.9 Å². The third kappa shape index (κ3) is 4.47. The van der Waals surface area contributed by atoms with Crippen LogP contribution in [0.2, 0.25) is 0 Å². The van der Waals surface area contributed by atoms with Gasteiger partial charge in [-0.05, 0) is 54.6 Å². The fourth-order valence-electron chi connectivity index (χ4n) is 2.97. The predicted octanol–water partition coefficient (Wildman–Crippen LogP) is 4.19. The molecule has 1 aliphatic rings. The van der Waals surface area contributed by atoms with Crippen LogP contribution in [0.5, 0.6) is 5.75 Å². The molecule has 0 aliphatic carbocycles. The first-order valence-corrected chi connectivity index (χ1v) is 9.25. The molecule has 2 aromatic rings. The molecule has 0 spiro atoms. The summed E-state index contributed by atoms with van der Waals surface area (Å²) in [6.45, 7) is 1.50. The molecule has 2 unspecified atom stereocenters. The topological polar surface area (TPSA) is 85.9 Å². The number of alkyl halides is 3. The van der Waals surface area contributed by atoms with Crippen molar-refractivity contribution in [2.75, 3.05) is 0 Å². The summed E-state index contributed by atoms with van der Waals surface area (Å²) >= 11 is -0.275. The number of hydrogen-bond donors (Lipinski definition) is 1. The SMILES string of the molecule is CC(C#N)(NC(=O)c1ccc(SC(F)(F)F)cc1)C1Cc2cccc(C#N)c2O1. The molecule has 9 heteroatoms. The van der Waals surface area contributed by atoms with Crippen LogP contribution >= 0.6 is 11.8 Å². The minimum absolute atomic E-state index is 0.0456. The lowest BCUT2D eigenvalue weighted by Gasteiger charge is -2.29. The van der Waals surface area contributed by atoms with E-state index < -0.39 is 23.1 Å². The number of hydrogen-bond acceptors (Lipinski definition) is 5. The number of para-hydroxylation sites is 1. The highest BCUT2D eigenvalue weighted by Crippen LogP contribution is 2.37. The maximum atomic E-state index is 12.6. The second-order valence-corrected chi connectivity index (χ2v) is 7.70. The second-order valence-electron chi connectivity index (χ2n) is 6.56. The Bertz CT molecular complexity index is 1030. The van der Waals surface area contributed by atoms with Gasteiger partial charge in [-0.15, -0.1) is 0 Å². The molecule has 0 radical (unpaired) electrons. The van der Waals surface area contributed by atoms with E-state index in [9.17, 15) is 28.5 Å². The normalized spacial score (nSPS) is 17.2. The number of carbonyl (C=O) groups excluding carboxylic acids is 1. The lowest BCUT2D eigenvalue weighted by Crippen LogP contribution is -2.55. The number of carbonyl (C=O) groups is 1. The van der Waals surface area contributed by atoms with Gasteiger partial charge in [0.05, 0.1) is 11.6 Å². The molecule has 0 saturated heterocycles. The van der Waals surface area contributed by atoms with Crippen LogP contribution in [0, 0.1) is 22.7 Å². The van der Waals surface area contributed by atoms with Gasteiger partial charge >= 0.3 is 5.51 Å². The van der Waals surface area contributed by atoms with Gasteiger partial charge in [0.15, 0.2) is 5.54 Å². The highest BCUT2D eigenvalue weighted by Gasteiger charge is 2.42. The molecule has 148 valence electrons. The van der Waals surface area contributed by atoms with Gasteiger partial charge in [0.2, 0.25) is 0 Å². The minimum Gasteiger partial charge on any atom is -0.485 e. The van der Waals surface area contributed by atoms with E-state index in [0.717, 1.165) is 5.56 Å². The molecule has 3 rings (SSSR count). The van der Waals surface area contributed by atoms with Gasteiger partial charge in [-0.3, -0.25) is 4.79 Å². The van der Waals surface area contributed by atoms with E-state index in [-0.39, 0.29) is 22.2 Å². The van der Waals surface area contributed by atoms with Crippen LogP contribution in [0.3, 0.4) is 0 Å². The molecule has 1 amide bonds. The number of nitriles is 2. The van der Waals surface area contributed by atoms with Crippen molar-refractivity contribution in [1.82, 2.24) is 5.32 Å². The average molecular weight is 417 g/mol. The molecule has 0 saturated carbocycles. The van der Waals surface area contributed by atoms with Gasteiger partial charge in [0, 0.05) is 16.9 Å². The van der Waals surface area contributed by atoms with Crippen molar-refractivity contribution in [3.63, 3.8) is 0 Å². The first kappa shape index (κ1) is 20.6. The molecular weight excluding hydrogens is 403 g/mol. The Hall–Kier alpha value is -3.17. The fourth-order valence-corrected chi connectivity index (χ4v) is 3.51. The van der Waals surface area contributed by atoms with E-state index in [4.69, 9.17) is 4.74 Å². The molecule has 2 aromatic carbocycles. The summed E-state index contributed by atoms with van der Waals surface area (Å²) in [5.74, 6) is -0.220. The Morgan fingerprint density at radius 1 is 1.21 bits per heavy atom. The molecule has 0 aromatic heterocycles. The van der Waals surface area contributed by atoms with Crippen molar-refractivity contribution in [3.05, 3.63) is 59.2 Å². The zero-order valence-electron chi connectivity index (χ0n) is 15.1. The first-order valence-electron chi connectivity index (χ1n) is 8.43. The highest BCUT2D eigenvalue weighted by atomic mass is 32.2. The summed E-state index contributed by atoms with van der Waals surface area (Å²) in [5.41, 5.74) is -4.61. The Kier molecular flexibility index (Phi) is 5.45. The number of halogens is 3. The lowest BCUT2D eigenvalue weighted by molar-refractivity contribution is -0.0328. The molecule has 29 heavy (non-hydrogen) atoms. The van der Waals surface area contributed by atoms with Gasteiger partial charge in [-0.25, -0.2) is 0 Å². The van der Waals surface area contributed by atoms with Crippen LogP contribution in [0.4, 0.5) is 13.2 Å². The molecule has 1 heterocycles. The minimum atomic E-state index is -4.42. The van der Waals surface area contributed by atoms with E-state index in [1.807, 2.05) is 12.1 Å². The number of nitrogens with zero attached hydrogens (tertiary/aromatic N) is 2. The Morgan fingerprint density at radius 3 is 2.48 bits per heavy atom. The van der Waals surface area contributed by atoms with Crippen LogP contribution in [0.1, 0.15) is 28.4 Å². The van der Waals surface area contributed by atoms with Crippen LogP contribution in [0.15, 0.2) is 47.4 Å². The van der Waals surface area contributed by atoms with Gasteiger partial charge < -0.3 is 10.1 Å². The van der Waals surface area contributed by atoms with Crippen molar-refractivity contribution in [2.24, 2.45) is 0 Å². The molecule has 1 aliphatic heterocycles. The van der Waals surface area contributed by atoms with E-state index in [2.05, 4.69) is 5.32 Å². The van der Waals surface area contributed by atoms with E-state index >= 15 is 0 Å². The van der Waals surface area contributed by atoms with E-state index in [1.54, 1.807) is 18.2 Å². The van der Waals surface area contributed by atoms with E-state index in [0.29, 0.717) is 17.7 Å². The molecular formula is C20H14F3N3O2S. The van der Waals surface area contributed by atoms with Crippen LogP contribution in [0.25, 0.3) is 0 Å². The summed E-state index contributed by atoms with van der Waals surface area (Å²) in [7, 11) is 0. The monoisotopic (exact) mass is 417 g/mol. The number of nitrogens with one attached hydrogen (secondary N) is 1. The number of ether oxygens (including phenoxy) is 1. The van der Waals surface area contributed by atoms with E-state index in [1.165, 1.54) is 31.2 Å². The van der Waals surface area contributed by atoms with Crippen LogP contribution in [-0.4, -0.2) is 23.1 Å². The number of thioether (sulfide) groups is 1. The van der Waals surface area contributed by atoms with Crippen molar-refractivity contribution >= 4 is 17.7 Å². The zero-order valence-corrected chi connectivity index (χ0v) is 15.9. The van der Waals surface area contributed by atoms with Gasteiger partial charge in [-0.1, -0.05) is 12.1 Å². The molecule has 1 N–H and O–H groups in total. The van der Waals surface area contributed by atoms with Crippen molar-refractivity contribution < 1.29 is 22.7 Å². The lowest BCUT2D eigenvalue weighted by atomic mass is 9.92. The smallest absolute Gasteiger partial charge is 0.446 e. The standard InChI is InChI=1S/C20H14F3N3O2S/c1-19(11-25,16-9-13-3-2-4-14(10-24)17(13)28-16)26-18(27)12-5-7-15(8-6-12)29-20(21,22)23/h2-8,16H,9H2,1H3,(H,26,27). The predicted molar refractivity (Wildman–Crippen MR) is 99.1 cm³/mol. The van der Waals surface area contributed by atoms with Gasteiger partial charge in [-0.2, -0.15) is 23.7 Å². The number of benzene rings is 2. The fraction of sp³-hybridized carbons (Fsp3) is 0.250. The summed E-state index contributed by atoms with van der Waals surface area (Å²) in [5, 5.41) is 21.5. The molecule has 5 nitrogen and oxygen atoms in total. The largest absolute Gasteiger partial charge is 0.485 e. The maximum Gasteiger partial charge on any atom is 0.446 e. The first-order chi connectivity index (χ1) is 13.6. The maximum absolute atomic E-state index is 12.6. The van der Waals surface area contributed by atoms with Crippen molar-refractivity contribution in [2.45, 2.75) is 35.4 Å². The summed E-state index contributed by atoms with van der Waals surface area (Å²) in [6, 6.07) is 14.1. The third-order valence-corrected chi connectivity index (χ3v) is 5.22. The summed E-state index contributed by atoms with van der Waals surface area (Å²) < 4.78 is 43.1. The summed E-state index contributed by atoms with van der Waals surface area (Å²) in [6.07, 6.45) is -0.392. The Balaban J connectivity index is 1.75. The molecule has 0 bridgehead atoms. The second kappa shape index (κ2) is 7.69. The van der Waals surface area contributed by atoms with Gasteiger partial charge in [0.1, 0.15) is 17.9 Å². The highest BCUT2D eigenvalue weighted by molar-refractivity contribution is 8.00. The number of rotatable bonds is 4. The quantitative estimate of drug-likeness (QED) is 0.754. The van der Waals surface area contributed by atoms with Gasteiger partial charge in [0.25, 0.3) is 5.91 Å². The molecule has 2 atom stereocenters. The van der Waals surface area contributed by atoms with Crippen LogP contribution < -0.4 is 10.1 Å². The molecule has 0 fully saturated rings. The number of amides is 1. The average Bonchev–Trinajstić information content (AvgIpc) is 3.12. The zero-order chi connectivity index (χ0) is 21.2.